The van der Waals surface area contributed by atoms with Crippen LogP contribution in [0.4, 0.5) is 5.95 Å². The number of carbonyl (C=O) groups excluding carboxylic acids is 2. The van der Waals surface area contributed by atoms with Crippen LogP contribution in [0.15, 0.2) is 23.4 Å². The number of aromatic nitrogens is 3. The Morgan fingerprint density at radius 3 is 2.83 bits per heavy atom. The third kappa shape index (κ3) is 4.82. The molecule has 0 atom stereocenters. The highest BCUT2D eigenvalue weighted by Crippen LogP contribution is 2.22. The van der Waals surface area contributed by atoms with E-state index in [9.17, 15) is 9.59 Å². The first-order chi connectivity index (χ1) is 11.5. The lowest BCUT2D eigenvalue weighted by molar-refractivity contribution is -0.116. The van der Waals surface area contributed by atoms with Crippen LogP contribution in [0.5, 0.6) is 5.75 Å². The third-order valence-electron chi connectivity index (χ3n) is 3.23. The highest BCUT2D eigenvalue weighted by atomic mass is 32.2. The SMILES string of the molecule is CCSc1n[nH]c(NC(=O)CCC(=O)c2cc(C)ccc2OC)n1. The van der Waals surface area contributed by atoms with Crippen LogP contribution in [0.3, 0.4) is 0 Å². The van der Waals surface area contributed by atoms with Crippen molar-refractivity contribution in [3.05, 3.63) is 29.3 Å². The summed E-state index contributed by atoms with van der Waals surface area (Å²) in [6, 6.07) is 5.39. The van der Waals surface area contributed by atoms with Gasteiger partial charge in [0.1, 0.15) is 5.75 Å². The Bertz CT molecular complexity index is 730. The van der Waals surface area contributed by atoms with Crippen LogP contribution in [0.2, 0.25) is 0 Å². The van der Waals surface area contributed by atoms with E-state index in [1.165, 1.54) is 18.9 Å². The molecule has 0 aliphatic rings. The van der Waals surface area contributed by atoms with E-state index >= 15 is 0 Å². The summed E-state index contributed by atoms with van der Waals surface area (Å²) >= 11 is 1.47. The summed E-state index contributed by atoms with van der Waals surface area (Å²) in [5.41, 5.74) is 1.46. The van der Waals surface area contributed by atoms with Crippen LogP contribution in [-0.2, 0) is 4.79 Å². The molecule has 0 radical (unpaired) electrons. The Kier molecular flexibility index (Phi) is 6.36. The number of benzene rings is 1. The van der Waals surface area contributed by atoms with Crippen LogP contribution < -0.4 is 10.1 Å². The number of rotatable bonds is 8. The monoisotopic (exact) mass is 348 g/mol. The maximum atomic E-state index is 12.3. The summed E-state index contributed by atoms with van der Waals surface area (Å²) in [5, 5.41) is 9.79. The highest BCUT2D eigenvalue weighted by Gasteiger charge is 2.15. The topological polar surface area (TPSA) is 97.0 Å². The summed E-state index contributed by atoms with van der Waals surface area (Å²) in [5.74, 6) is 1.22. The number of anilines is 1. The van der Waals surface area contributed by atoms with Crippen LogP contribution in [0.1, 0.15) is 35.7 Å². The van der Waals surface area contributed by atoms with Crippen LogP contribution >= 0.6 is 11.8 Å². The molecular formula is C16H20N4O3S. The molecular weight excluding hydrogens is 328 g/mol. The number of hydrogen-bond donors (Lipinski definition) is 2. The van der Waals surface area contributed by atoms with Crippen molar-refractivity contribution >= 4 is 29.4 Å². The molecule has 1 heterocycles. The van der Waals surface area contributed by atoms with Crippen LogP contribution in [0, 0.1) is 6.92 Å². The minimum absolute atomic E-state index is 0.0624. The molecule has 24 heavy (non-hydrogen) atoms. The zero-order chi connectivity index (χ0) is 17.5. The Balaban J connectivity index is 1.91. The standard InChI is InChI=1S/C16H20N4O3S/c1-4-24-16-18-15(19-20-16)17-14(22)8-6-12(21)11-9-10(2)5-7-13(11)23-3/h5,7,9H,4,6,8H2,1-3H3,(H2,17,18,19,20,22). The summed E-state index contributed by atoms with van der Waals surface area (Å²) in [7, 11) is 1.52. The molecule has 2 N–H and O–H groups in total. The number of methoxy groups -OCH3 is 1. The molecule has 8 heteroatoms. The van der Waals surface area contributed by atoms with Crippen molar-refractivity contribution in [3.63, 3.8) is 0 Å². The number of carbonyl (C=O) groups is 2. The first-order valence-electron chi connectivity index (χ1n) is 7.56. The molecule has 2 aromatic rings. The molecule has 0 bridgehead atoms. The summed E-state index contributed by atoms with van der Waals surface area (Å²) in [4.78, 5) is 28.4. The lowest BCUT2D eigenvalue weighted by Gasteiger charge is -2.08. The van der Waals surface area contributed by atoms with Gasteiger partial charge in [-0.2, -0.15) is 4.98 Å². The van der Waals surface area contributed by atoms with Gasteiger partial charge in [0.15, 0.2) is 5.78 Å². The average Bonchev–Trinajstić information content (AvgIpc) is 3.00. The minimum Gasteiger partial charge on any atom is -0.496 e. The molecule has 0 aliphatic heterocycles. The van der Waals surface area contributed by atoms with E-state index in [0.29, 0.717) is 16.5 Å². The minimum atomic E-state index is -0.292. The van der Waals surface area contributed by atoms with Crippen molar-refractivity contribution in [2.24, 2.45) is 0 Å². The Morgan fingerprint density at radius 2 is 2.12 bits per heavy atom. The fourth-order valence-electron chi connectivity index (χ4n) is 2.09. The van der Waals surface area contributed by atoms with Crippen molar-refractivity contribution in [1.82, 2.24) is 15.2 Å². The molecule has 0 aliphatic carbocycles. The number of hydrogen-bond acceptors (Lipinski definition) is 6. The number of H-pyrrole nitrogens is 1. The smallest absolute Gasteiger partial charge is 0.227 e. The third-order valence-corrected chi connectivity index (χ3v) is 3.96. The summed E-state index contributed by atoms with van der Waals surface area (Å²) < 4.78 is 5.20. The average molecular weight is 348 g/mol. The Labute approximate surface area is 144 Å². The van der Waals surface area contributed by atoms with Crippen molar-refractivity contribution in [2.45, 2.75) is 31.8 Å². The normalized spacial score (nSPS) is 10.5. The van der Waals surface area contributed by atoms with Crippen molar-refractivity contribution < 1.29 is 14.3 Å². The van der Waals surface area contributed by atoms with Crippen LogP contribution in [-0.4, -0.2) is 39.7 Å². The maximum Gasteiger partial charge on any atom is 0.227 e. The molecule has 2 rings (SSSR count). The Hall–Kier alpha value is -2.35. The van der Waals surface area contributed by atoms with E-state index in [0.717, 1.165) is 11.3 Å². The molecule has 0 saturated heterocycles. The van der Waals surface area contributed by atoms with Gasteiger partial charge in [-0.25, -0.2) is 5.10 Å². The summed E-state index contributed by atoms with van der Waals surface area (Å²) in [6.45, 7) is 3.89. The second-order valence-electron chi connectivity index (χ2n) is 5.07. The van der Waals surface area contributed by atoms with Gasteiger partial charge in [-0.15, -0.1) is 5.10 Å². The molecule has 0 spiro atoms. The molecule has 1 amide bonds. The largest absolute Gasteiger partial charge is 0.496 e. The molecule has 0 fully saturated rings. The van der Waals surface area contributed by atoms with E-state index < -0.39 is 0 Å². The van der Waals surface area contributed by atoms with E-state index in [-0.39, 0.29) is 30.5 Å². The van der Waals surface area contributed by atoms with Gasteiger partial charge in [0.2, 0.25) is 17.0 Å². The van der Waals surface area contributed by atoms with Crippen LogP contribution in [0.25, 0.3) is 0 Å². The van der Waals surface area contributed by atoms with Gasteiger partial charge < -0.3 is 4.74 Å². The number of Topliss-reactive ketones (excluding diaryl/α,β-unsaturated/α-hetero) is 1. The zero-order valence-corrected chi connectivity index (χ0v) is 14.7. The number of nitrogens with zero attached hydrogens (tertiary/aromatic N) is 2. The number of aryl methyl sites for hydroxylation is 1. The second-order valence-corrected chi connectivity index (χ2v) is 6.31. The fraction of sp³-hybridized carbons (Fsp3) is 0.375. The second kappa shape index (κ2) is 8.49. The van der Waals surface area contributed by atoms with Gasteiger partial charge in [-0.05, 0) is 24.8 Å². The fourth-order valence-corrected chi connectivity index (χ4v) is 2.62. The van der Waals surface area contributed by atoms with Gasteiger partial charge in [-0.1, -0.05) is 30.3 Å². The lowest BCUT2D eigenvalue weighted by atomic mass is 10.0. The Morgan fingerprint density at radius 1 is 1.33 bits per heavy atom. The summed E-state index contributed by atoms with van der Waals surface area (Å²) in [6.07, 6.45) is 0.156. The predicted molar refractivity (Wildman–Crippen MR) is 92.7 cm³/mol. The van der Waals surface area contributed by atoms with Crippen molar-refractivity contribution in [1.29, 1.82) is 0 Å². The van der Waals surface area contributed by atoms with Gasteiger partial charge in [0.25, 0.3) is 0 Å². The quantitative estimate of drug-likeness (QED) is 0.562. The molecule has 0 saturated carbocycles. The molecule has 128 valence electrons. The van der Waals surface area contributed by atoms with Gasteiger partial charge in [-0.3, -0.25) is 14.9 Å². The molecule has 0 unspecified atom stereocenters. The van der Waals surface area contributed by atoms with E-state index in [1.54, 1.807) is 12.1 Å². The van der Waals surface area contributed by atoms with E-state index in [1.807, 2.05) is 19.9 Å². The van der Waals surface area contributed by atoms with Crippen molar-refractivity contribution in [3.8, 4) is 5.75 Å². The number of ketones is 1. The number of ether oxygens (including phenoxy) is 1. The zero-order valence-electron chi connectivity index (χ0n) is 13.9. The van der Waals surface area contributed by atoms with Gasteiger partial charge >= 0.3 is 0 Å². The molecule has 7 nitrogen and oxygen atoms in total. The number of amides is 1. The highest BCUT2D eigenvalue weighted by molar-refractivity contribution is 7.99. The molecule has 1 aromatic heterocycles. The predicted octanol–water partition coefficient (Wildman–Crippen LogP) is 2.84. The van der Waals surface area contributed by atoms with Gasteiger partial charge in [0, 0.05) is 12.8 Å². The molecule has 1 aromatic carbocycles. The first-order valence-corrected chi connectivity index (χ1v) is 8.55. The number of nitrogens with one attached hydrogen (secondary N) is 2. The van der Waals surface area contributed by atoms with Crippen molar-refractivity contribution in [2.75, 3.05) is 18.2 Å². The first kappa shape index (κ1) is 18.0. The number of aromatic amines is 1. The lowest BCUT2D eigenvalue weighted by Crippen LogP contribution is -2.14. The number of thioether (sulfide) groups is 1. The van der Waals surface area contributed by atoms with E-state index in [4.69, 9.17) is 4.74 Å². The van der Waals surface area contributed by atoms with Gasteiger partial charge in [0.05, 0.1) is 12.7 Å². The van der Waals surface area contributed by atoms with E-state index in [2.05, 4.69) is 20.5 Å². The maximum absolute atomic E-state index is 12.3.